The number of ketones is 1. The van der Waals surface area contributed by atoms with Gasteiger partial charge < -0.3 is 10.5 Å². The third-order valence-electron chi connectivity index (χ3n) is 3.85. The first-order valence-electron chi connectivity index (χ1n) is 6.60. The van der Waals surface area contributed by atoms with Gasteiger partial charge in [0.15, 0.2) is 11.5 Å². The summed E-state index contributed by atoms with van der Waals surface area (Å²) in [6, 6.07) is 0. The van der Waals surface area contributed by atoms with Gasteiger partial charge in [0.1, 0.15) is 5.69 Å². The Kier molecular flexibility index (Phi) is 4.40. The first-order valence-corrected chi connectivity index (χ1v) is 6.60. The minimum atomic E-state index is -0.703. The number of aryl methyl sites for hydroxylation is 1. The number of nitrogens with zero attached hydrogens (tertiary/aromatic N) is 2. The molecule has 0 fully saturated rings. The van der Waals surface area contributed by atoms with Crippen molar-refractivity contribution in [2.24, 2.45) is 11.1 Å². The average molecular weight is 267 g/mol. The number of ether oxygens (including phenoxy) is 1. The lowest BCUT2D eigenvalue weighted by Gasteiger charge is -2.37. The summed E-state index contributed by atoms with van der Waals surface area (Å²) in [7, 11) is 1.55. The number of nitrogens with two attached hydrogens (primary N) is 1. The Morgan fingerprint density at radius 2 is 2.00 bits per heavy atom. The highest BCUT2D eigenvalue weighted by atomic mass is 16.5. The van der Waals surface area contributed by atoms with E-state index in [4.69, 9.17) is 10.5 Å². The van der Waals surface area contributed by atoms with Gasteiger partial charge in [-0.2, -0.15) is 5.10 Å². The van der Waals surface area contributed by atoms with Crippen molar-refractivity contribution >= 4 is 5.78 Å². The van der Waals surface area contributed by atoms with E-state index in [0.717, 1.165) is 6.42 Å². The lowest BCUT2D eigenvalue weighted by molar-refractivity contribution is 0.0719. The van der Waals surface area contributed by atoms with Gasteiger partial charge in [0, 0.05) is 17.5 Å². The molecule has 0 saturated carbocycles. The predicted molar refractivity (Wildman–Crippen MR) is 75.4 cm³/mol. The number of carbonyl (C=O) groups is 1. The maximum absolute atomic E-state index is 12.8. The van der Waals surface area contributed by atoms with Gasteiger partial charge >= 0.3 is 0 Å². The summed E-state index contributed by atoms with van der Waals surface area (Å²) in [5.74, 6) is 0.471. The molecule has 1 heterocycles. The topological polar surface area (TPSA) is 70.1 Å². The van der Waals surface area contributed by atoms with Crippen molar-refractivity contribution in [3.8, 4) is 5.75 Å². The molecular weight excluding hydrogens is 242 g/mol. The van der Waals surface area contributed by atoms with Gasteiger partial charge in [-0.15, -0.1) is 0 Å². The Morgan fingerprint density at radius 3 is 2.42 bits per heavy atom. The standard InChI is InChI=1S/C14H25N3O2/c1-7-8-17-11(10(19-6)9-16-17)12(18)13(2,3)14(4,5)15/h9H,7-8,15H2,1-6H3. The molecule has 0 radical (unpaired) electrons. The number of hydrogen-bond acceptors (Lipinski definition) is 4. The summed E-state index contributed by atoms with van der Waals surface area (Å²) in [6.45, 7) is 10.2. The number of Topliss-reactive ketones (excluding diaryl/α,β-unsaturated/α-hetero) is 1. The van der Waals surface area contributed by atoms with E-state index in [0.29, 0.717) is 18.0 Å². The molecule has 108 valence electrons. The molecule has 0 aliphatic rings. The molecule has 0 bridgehead atoms. The Morgan fingerprint density at radius 1 is 1.42 bits per heavy atom. The summed E-state index contributed by atoms with van der Waals surface area (Å²) in [5.41, 5.74) is 5.32. The van der Waals surface area contributed by atoms with Crippen LogP contribution in [-0.4, -0.2) is 28.2 Å². The molecule has 0 saturated heterocycles. The van der Waals surface area contributed by atoms with E-state index in [1.807, 2.05) is 34.6 Å². The second kappa shape index (κ2) is 5.33. The fourth-order valence-electron chi connectivity index (χ4n) is 1.72. The average Bonchev–Trinajstić information content (AvgIpc) is 2.69. The van der Waals surface area contributed by atoms with E-state index in [1.54, 1.807) is 18.0 Å². The van der Waals surface area contributed by atoms with E-state index in [2.05, 4.69) is 5.10 Å². The molecule has 0 aliphatic carbocycles. The molecule has 2 N–H and O–H groups in total. The van der Waals surface area contributed by atoms with E-state index < -0.39 is 11.0 Å². The molecule has 0 atom stereocenters. The van der Waals surface area contributed by atoms with Crippen molar-refractivity contribution in [2.75, 3.05) is 7.11 Å². The van der Waals surface area contributed by atoms with Gasteiger partial charge in [0.25, 0.3) is 0 Å². The van der Waals surface area contributed by atoms with Crippen LogP contribution in [-0.2, 0) is 6.54 Å². The Hall–Kier alpha value is -1.36. The predicted octanol–water partition coefficient (Wildman–Crippen LogP) is 2.25. The monoisotopic (exact) mass is 267 g/mol. The fourth-order valence-corrected chi connectivity index (χ4v) is 1.72. The fraction of sp³-hybridized carbons (Fsp3) is 0.714. The summed E-state index contributed by atoms with van der Waals surface area (Å²) in [5, 5.41) is 4.22. The number of aromatic nitrogens is 2. The second-order valence-corrected chi connectivity index (χ2v) is 5.96. The molecule has 0 amide bonds. The SMILES string of the molecule is CCCn1ncc(OC)c1C(=O)C(C)(C)C(C)(C)N. The zero-order valence-electron chi connectivity index (χ0n) is 12.8. The smallest absolute Gasteiger partial charge is 0.192 e. The minimum absolute atomic E-state index is 0.0391. The molecule has 0 aliphatic heterocycles. The van der Waals surface area contributed by atoms with Crippen LogP contribution in [0.5, 0.6) is 5.75 Å². The normalized spacial score (nSPS) is 12.6. The summed E-state index contributed by atoms with van der Waals surface area (Å²) in [4.78, 5) is 12.8. The van der Waals surface area contributed by atoms with Crippen LogP contribution < -0.4 is 10.5 Å². The third-order valence-corrected chi connectivity index (χ3v) is 3.85. The first kappa shape index (κ1) is 15.7. The Balaban J connectivity index is 3.29. The molecular formula is C14H25N3O2. The second-order valence-electron chi connectivity index (χ2n) is 5.96. The van der Waals surface area contributed by atoms with E-state index >= 15 is 0 Å². The van der Waals surface area contributed by atoms with Crippen LogP contribution in [0.4, 0.5) is 0 Å². The van der Waals surface area contributed by atoms with Crippen LogP contribution in [0.2, 0.25) is 0 Å². The molecule has 1 aromatic rings. The highest BCUT2D eigenvalue weighted by Gasteiger charge is 2.43. The Labute approximate surface area is 115 Å². The van der Waals surface area contributed by atoms with Gasteiger partial charge in [-0.1, -0.05) is 20.8 Å². The van der Waals surface area contributed by atoms with Gasteiger partial charge in [-0.3, -0.25) is 9.48 Å². The molecule has 5 heteroatoms. The van der Waals surface area contributed by atoms with Gasteiger partial charge in [0.05, 0.1) is 13.3 Å². The maximum Gasteiger partial charge on any atom is 0.192 e. The van der Waals surface area contributed by atoms with Crippen LogP contribution in [0.15, 0.2) is 6.20 Å². The van der Waals surface area contributed by atoms with Gasteiger partial charge in [0.2, 0.25) is 0 Å². The first-order chi connectivity index (χ1) is 8.66. The van der Waals surface area contributed by atoms with Gasteiger partial charge in [-0.05, 0) is 20.3 Å². The quantitative estimate of drug-likeness (QED) is 0.802. The van der Waals surface area contributed by atoms with Crippen molar-refractivity contribution in [1.82, 2.24) is 9.78 Å². The van der Waals surface area contributed by atoms with Crippen LogP contribution in [0, 0.1) is 5.41 Å². The highest BCUT2D eigenvalue weighted by molar-refractivity contribution is 6.01. The molecule has 0 aromatic carbocycles. The van der Waals surface area contributed by atoms with Crippen molar-refractivity contribution in [2.45, 2.75) is 53.1 Å². The van der Waals surface area contributed by atoms with Crippen molar-refractivity contribution in [3.05, 3.63) is 11.9 Å². The molecule has 5 nitrogen and oxygen atoms in total. The van der Waals surface area contributed by atoms with Crippen molar-refractivity contribution in [3.63, 3.8) is 0 Å². The zero-order chi connectivity index (χ0) is 14.8. The van der Waals surface area contributed by atoms with Crippen LogP contribution >= 0.6 is 0 Å². The number of carbonyl (C=O) groups excluding carboxylic acids is 1. The van der Waals surface area contributed by atoms with Crippen LogP contribution in [0.3, 0.4) is 0 Å². The molecule has 1 rings (SSSR count). The lowest BCUT2D eigenvalue weighted by atomic mass is 9.71. The van der Waals surface area contributed by atoms with E-state index in [-0.39, 0.29) is 5.78 Å². The Bertz CT molecular complexity index is 456. The molecule has 0 spiro atoms. The lowest BCUT2D eigenvalue weighted by Crippen LogP contribution is -2.52. The number of hydrogen-bond donors (Lipinski definition) is 1. The molecule has 1 aromatic heterocycles. The maximum atomic E-state index is 12.8. The number of rotatable bonds is 6. The summed E-state index contributed by atoms with van der Waals surface area (Å²) < 4.78 is 6.96. The zero-order valence-corrected chi connectivity index (χ0v) is 12.8. The largest absolute Gasteiger partial charge is 0.493 e. The number of methoxy groups -OCH3 is 1. The summed E-state index contributed by atoms with van der Waals surface area (Å²) >= 11 is 0. The molecule has 19 heavy (non-hydrogen) atoms. The minimum Gasteiger partial charge on any atom is -0.493 e. The van der Waals surface area contributed by atoms with Crippen molar-refractivity contribution < 1.29 is 9.53 Å². The van der Waals surface area contributed by atoms with Crippen LogP contribution in [0.25, 0.3) is 0 Å². The van der Waals surface area contributed by atoms with E-state index in [1.165, 1.54) is 0 Å². The van der Waals surface area contributed by atoms with Crippen molar-refractivity contribution in [1.29, 1.82) is 0 Å². The summed E-state index contributed by atoms with van der Waals surface area (Å²) in [6.07, 6.45) is 2.49. The van der Waals surface area contributed by atoms with E-state index in [9.17, 15) is 4.79 Å². The van der Waals surface area contributed by atoms with Crippen LogP contribution in [0.1, 0.15) is 51.5 Å². The molecule has 0 unspecified atom stereocenters. The highest BCUT2D eigenvalue weighted by Crippen LogP contribution is 2.35. The van der Waals surface area contributed by atoms with Gasteiger partial charge in [-0.25, -0.2) is 0 Å². The third kappa shape index (κ3) is 2.81.